The smallest absolute Gasteiger partial charge is 0.180 e. The molecule has 48 valence electrons. The van der Waals surface area contributed by atoms with Crippen molar-refractivity contribution >= 4 is 5.90 Å². The first-order chi connectivity index (χ1) is 3.66. The SMILES string of the molecule is COC(=N)CC(C)C. The normalized spacial score (nSPS) is 9.50. The van der Waals surface area contributed by atoms with Crippen molar-refractivity contribution in [3.05, 3.63) is 0 Å². The first kappa shape index (κ1) is 7.47. The van der Waals surface area contributed by atoms with E-state index in [1.165, 1.54) is 7.11 Å². The zero-order chi connectivity index (χ0) is 6.57. The lowest BCUT2D eigenvalue weighted by atomic mass is 10.1. The summed E-state index contributed by atoms with van der Waals surface area (Å²) in [6, 6.07) is 0. The minimum absolute atomic E-state index is 0.375. The fraction of sp³-hybridized carbons (Fsp3) is 0.833. The molecule has 0 aliphatic rings. The molecule has 0 spiro atoms. The van der Waals surface area contributed by atoms with Crippen molar-refractivity contribution in [3.8, 4) is 0 Å². The van der Waals surface area contributed by atoms with Gasteiger partial charge in [0.1, 0.15) is 0 Å². The number of hydrogen-bond donors (Lipinski definition) is 1. The maximum atomic E-state index is 7.05. The molecule has 0 saturated heterocycles. The topological polar surface area (TPSA) is 33.1 Å². The van der Waals surface area contributed by atoms with Crippen LogP contribution in [0.4, 0.5) is 0 Å². The summed E-state index contributed by atoms with van der Waals surface area (Å²) in [4.78, 5) is 0. The van der Waals surface area contributed by atoms with Crippen molar-refractivity contribution in [3.63, 3.8) is 0 Å². The third-order valence-electron chi connectivity index (χ3n) is 0.840. The van der Waals surface area contributed by atoms with E-state index in [-0.39, 0.29) is 0 Å². The van der Waals surface area contributed by atoms with Crippen molar-refractivity contribution in [2.75, 3.05) is 7.11 Å². The molecule has 0 radical (unpaired) electrons. The molecule has 0 aromatic heterocycles. The van der Waals surface area contributed by atoms with Crippen LogP contribution in [0, 0.1) is 11.3 Å². The highest BCUT2D eigenvalue weighted by atomic mass is 16.5. The lowest BCUT2D eigenvalue weighted by Crippen LogP contribution is -2.02. The largest absolute Gasteiger partial charge is 0.484 e. The molecule has 0 bridgehead atoms. The Bertz CT molecular complexity index is 78.6. The van der Waals surface area contributed by atoms with Gasteiger partial charge in [-0.1, -0.05) is 13.8 Å². The zero-order valence-electron chi connectivity index (χ0n) is 5.69. The Morgan fingerprint density at radius 3 is 2.25 bits per heavy atom. The quantitative estimate of drug-likeness (QED) is 0.431. The molecule has 8 heavy (non-hydrogen) atoms. The van der Waals surface area contributed by atoms with E-state index in [9.17, 15) is 0 Å². The maximum Gasteiger partial charge on any atom is 0.180 e. The monoisotopic (exact) mass is 115 g/mol. The van der Waals surface area contributed by atoms with Gasteiger partial charge in [-0.3, -0.25) is 5.41 Å². The second kappa shape index (κ2) is 3.47. The standard InChI is InChI=1S/C6H13NO/c1-5(2)4-6(7)8-3/h5,7H,4H2,1-3H3. The van der Waals surface area contributed by atoms with Gasteiger partial charge in [-0.15, -0.1) is 0 Å². The average Bonchev–Trinajstić information content (AvgIpc) is 1.65. The second-order valence-corrected chi connectivity index (χ2v) is 2.23. The number of hydrogen-bond acceptors (Lipinski definition) is 2. The molecular weight excluding hydrogens is 102 g/mol. The molecule has 1 N–H and O–H groups in total. The van der Waals surface area contributed by atoms with Gasteiger partial charge in [-0.05, 0) is 5.92 Å². The van der Waals surface area contributed by atoms with Crippen LogP contribution in [0.25, 0.3) is 0 Å². The van der Waals surface area contributed by atoms with Gasteiger partial charge in [-0.2, -0.15) is 0 Å². The van der Waals surface area contributed by atoms with Gasteiger partial charge in [0.25, 0.3) is 0 Å². The fourth-order valence-corrected chi connectivity index (χ4v) is 0.454. The highest BCUT2D eigenvalue weighted by Gasteiger charge is 1.97. The molecular formula is C6H13NO. The molecule has 0 saturated carbocycles. The summed E-state index contributed by atoms with van der Waals surface area (Å²) in [6.07, 6.45) is 0.747. The highest BCUT2D eigenvalue weighted by Crippen LogP contribution is 1.99. The van der Waals surface area contributed by atoms with Gasteiger partial charge in [0, 0.05) is 6.42 Å². The Labute approximate surface area is 50.4 Å². The molecule has 0 atom stereocenters. The third kappa shape index (κ3) is 3.65. The van der Waals surface area contributed by atoms with E-state index in [4.69, 9.17) is 5.41 Å². The molecule has 2 nitrogen and oxygen atoms in total. The van der Waals surface area contributed by atoms with Gasteiger partial charge in [-0.25, -0.2) is 0 Å². The summed E-state index contributed by atoms with van der Waals surface area (Å²) in [6.45, 7) is 4.13. The number of nitrogens with one attached hydrogen (secondary N) is 1. The van der Waals surface area contributed by atoms with Crippen LogP contribution in [0.5, 0.6) is 0 Å². The van der Waals surface area contributed by atoms with E-state index in [1.807, 2.05) is 0 Å². The van der Waals surface area contributed by atoms with Crippen LogP contribution in [-0.2, 0) is 4.74 Å². The van der Waals surface area contributed by atoms with Crippen LogP contribution in [0.15, 0.2) is 0 Å². The van der Waals surface area contributed by atoms with E-state index in [0.29, 0.717) is 11.8 Å². The predicted molar refractivity (Wildman–Crippen MR) is 34.2 cm³/mol. The average molecular weight is 115 g/mol. The van der Waals surface area contributed by atoms with Crippen molar-refractivity contribution in [2.45, 2.75) is 20.3 Å². The molecule has 0 unspecified atom stereocenters. The van der Waals surface area contributed by atoms with Crippen LogP contribution in [0.2, 0.25) is 0 Å². The first-order valence-electron chi connectivity index (χ1n) is 2.78. The molecule has 0 fully saturated rings. The van der Waals surface area contributed by atoms with E-state index >= 15 is 0 Å². The van der Waals surface area contributed by atoms with Crippen molar-refractivity contribution in [1.82, 2.24) is 0 Å². The lowest BCUT2D eigenvalue weighted by Gasteiger charge is -2.02. The summed E-state index contributed by atoms with van der Waals surface area (Å²) in [5.41, 5.74) is 0. The number of methoxy groups -OCH3 is 1. The Kier molecular flexibility index (Phi) is 3.24. The van der Waals surface area contributed by atoms with Gasteiger partial charge >= 0.3 is 0 Å². The predicted octanol–water partition coefficient (Wildman–Crippen LogP) is 1.66. The van der Waals surface area contributed by atoms with Crippen molar-refractivity contribution in [1.29, 1.82) is 5.41 Å². The summed E-state index contributed by atoms with van der Waals surface area (Å²) in [7, 11) is 1.53. The lowest BCUT2D eigenvalue weighted by molar-refractivity contribution is 0.376. The minimum atomic E-state index is 0.375. The van der Waals surface area contributed by atoms with Gasteiger partial charge < -0.3 is 4.74 Å². The number of ether oxygens (including phenoxy) is 1. The summed E-state index contributed by atoms with van der Waals surface area (Å²) >= 11 is 0. The van der Waals surface area contributed by atoms with E-state index in [0.717, 1.165) is 6.42 Å². The Balaban J connectivity index is 3.25. The van der Waals surface area contributed by atoms with Gasteiger partial charge in [0.15, 0.2) is 5.90 Å². The Morgan fingerprint density at radius 1 is 1.62 bits per heavy atom. The Morgan fingerprint density at radius 2 is 2.12 bits per heavy atom. The molecule has 0 heterocycles. The first-order valence-corrected chi connectivity index (χ1v) is 2.78. The van der Waals surface area contributed by atoms with Crippen LogP contribution >= 0.6 is 0 Å². The zero-order valence-corrected chi connectivity index (χ0v) is 5.69. The van der Waals surface area contributed by atoms with E-state index in [2.05, 4.69) is 18.6 Å². The number of rotatable bonds is 2. The molecule has 0 aliphatic carbocycles. The van der Waals surface area contributed by atoms with Gasteiger partial charge in [0.05, 0.1) is 7.11 Å². The van der Waals surface area contributed by atoms with Crippen LogP contribution in [0.1, 0.15) is 20.3 Å². The molecule has 0 aliphatic heterocycles. The molecule has 0 rings (SSSR count). The van der Waals surface area contributed by atoms with E-state index < -0.39 is 0 Å². The molecule has 0 amide bonds. The molecule has 0 aromatic rings. The van der Waals surface area contributed by atoms with Crippen molar-refractivity contribution in [2.24, 2.45) is 5.92 Å². The fourth-order valence-electron chi connectivity index (χ4n) is 0.454. The summed E-state index contributed by atoms with van der Waals surface area (Å²) < 4.78 is 4.64. The Hall–Kier alpha value is -0.530. The molecule has 0 aromatic carbocycles. The molecule has 2 heteroatoms. The summed E-state index contributed by atoms with van der Waals surface area (Å²) in [5, 5.41) is 7.05. The van der Waals surface area contributed by atoms with Crippen molar-refractivity contribution < 1.29 is 4.74 Å². The van der Waals surface area contributed by atoms with Gasteiger partial charge in [0.2, 0.25) is 0 Å². The van der Waals surface area contributed by atoms with Crippen LogP contribution in [-0.4, -0.2) is 13.0 Å². The highest BCUT2D eigenvalue weighted by molar-refractivity contribution is 5.72. The third-order valence-corrected chi connectivity index (χ3v) is 0.840. The minimum Gasteiger partial charge on any atom is -0.484 e. The second-order valence-electron chi connectivity index (χ2n) is 2.23. The van der Waals surface area contributed by atoms with Crippen LogP contribution < -0.4 is 0 Å². The maximum absolute atomic E-state index is 7.05. The van der Waals surface area contributed by atoms with Crippen LogP contribution in [0.3, 0.4) is 0 Å². The summed E-state index contributed by atoms with van der Waals surface area (Å²) in [5.74, 6) is 0.905. The van der Waals surface area contributed by atoms with E-state index in [1.54, 1.807) is 0 Å².